The van der Waals surface area contributed by atoms with Crippen LogP contribution in [0.3, 0.4) is 0 Å². The van der Waals surface area contributed by atoms with Crippen molar-refractivity contribution >= 4 is 17.5 Å². The molecule has 0 aliphatic heterocycles. The number of amides is 1. The quantitative estimate of drug-likeness (QED) is 0.832. The molecule has 0 unspecified atom stereocenters. The Balaban J connectivity index is 1.79. The molecule has 2 rings (SSSR count). The van der Waals surface area contributed by atoms with Crippen LogP contribution in [-0.2, 0) is 0 Å². The molecule has 0 aliphatic carbocycles. The molecule has 0 saturated heterocycles. The van der Waals surface area contributed by atoms with Crippen molar-refractivity contribution < 1.29 is 9.53 Å². The second-order valence-electron chi connectivity index (χ2n) is 4.80. The van der Waals surface area contributed by atoms with Crippen LogP contribution in [0.25, 0.3) is 0 Å². The lowest BCUT2D eigenvalue weighted by Gasteiger charge is -2.16. The molecule has 1 aromatic carbocycles. The molecule has 1 amide bonds. The Morgan fingerprint density at radius 1 is 1.27 bits per heavy atom. The van der Waals surface area contributed by atoms with Gasteiger partial charge in [0.25, 0.3) is 11.5 Å². The van der Waals surface area contributed by atoms with Crippen LogP contribution in [0.4, 0.5) is 0 Å². The van der Waals surface area contributed by atoms with Crippen molar-refractivity contribution in [1.29, 1.82) is 0 Å². The maximum atomic E-state index is 12.1. The van der Waals surface area contributed by atoms with Gasteiger partial charge in [0, 0.05) is 24.8 Å². The fraction of sp³-hybridized carbons (Fsp3) is 0.250. The number of H-pyrrole nitrogens is 1. The van der Waals surface area contributed by atoms with Crippen molar-refractivity contribution in [2.45, 2.75) is 6.42 Å². The number of pyridine rings is 1. The Morgan fingerprint density at radius 3 is 2.68 bits per heavy atom. The number of carbonyl (C=O) groups is 1. The highest BCUT2D eigenvalue weighted by Crippen LogP contribution is 2.15. The molecular weight excluding hydrogens is 304 g/mol. The molecule has 0 radical (unpaired) electrons. The Hall–Kier alpha value is -2.27. The van der Waals surface area contributed by atoms with Gasteiger partial charge in [0.15, 0.2) is 0 Å². The van der Waals surface area contributed by atoms with Crippen molar-refractivity contribution in [3.05, 3.63) is 63.5 Å². The van der Waals surface area contributed by atoms with E-state index in [-0.39, 0.29) is 17.0 Å². The Labute approximate surface area is 133 Å². The summed E-state index contributed by atoms with van der Waals surface area (Å²) in [5, 5.41) is 0.658. The van der Waals surface area contributed by atoms with Crippen LogP contribution in [-0.4, -0.2) is 36.0 Å². The van der Waals surface area contributed by atoms with Gasteiger partial charge in [-0.1, -0.05) is 11.6 Å². The molecule has 0 fully saturated rings. The predicted molar refractivity (Wildman–Crippen MR) is 85.6 cm³/mol. The number of hydrogen-bond donors (Lipinski definition) is 1. The summed E-state index contributed by atoms with van der Waals surface area (Å²) in [4.78, 5) is 27.7. The summed E-state index contributed by atoms with van der Waals surface area (Å²) >= 11 is 5.79. The number of aromatic nitrogens is 1. The number of halogens is 1. The number of nitrogens with one attached hydrogen (secondary N) is 1. The summed E-state index contributed by atoms with van der Waals surface area (Å²) in [5.74, 6) is 0.436. The van der Waals surface area contributed by atoms with Crippen molar-refractivity contribution in [3.63, 3.8) is 0 Å². The molecule has 0 atom stereocenters. The average Bonchev–Trinajstić information content (AvgIpc) is 2.53. The summed E-state index contributed by atoms with van der Waals surface area (Å²) in [6, 6.07) is 10.2. The summed E-state index contributed by atoms with van der Waals surface area (Å²) in [6.07, 6.45) is 2.16. The van der Waals surface area contributed by atoms with E-state index >= 15 is 0 Å². The van der Waals surface area contributed by atoms with Crippen LogP contribution in [0, 0.1) is 0 Å². The van der Waals surface area contributed by atoms with Gasteiger partial charge >= 0.3 is 0 Å². The van der Waals surface area contributed by atoms with Crippen LogP contribution >= 0.6 is 11.6 Å². The van der Waals surface area contributed by atoms with Gasteiger partial charge in [0.1, 0.15) is 11.3 Å². The molecule has 1 N–H and O–H groups in total. The standard InChI is InChI=1S/C16H17ClN2O3/c1-19(16(21)14-4-2-9-18-15(14)20)10-3-11-22-13-7-5-12(17)6-8-13/h2,4-9H,3,10-11H2,1H3,(H,18,20). The van der Waals surface area contributed by atoms with Crippen LogP contribution < -0.4 is 10.3 Å². The van der Waals surface area contributed by atoms with Crippen molar-refractivity contribution in [2.75, 3.05) is 20.2 Å². The molecule has 0 bridgehead atoms. The number of ether oxygens (including phenoxy) is 1. The van der Waals surface area contributed by atoms with Gasteiger partial charge in [0.2, 0.25) is 0 Å². The lowest BCUT2D eigenvalue weighted by atomic mass is 10.2. The van der Waals surface area contributed by atoms with Gasteiger partial charge in [-0.3, -0.25) is 9.59 Å². The smallest absolute Gasteiger partial charge is 0.260 e. The maximum Gasteiger partial charge on any atom is 0.260 e. The van der Waals surface area contributed by atoms with E-state index in [1.807, 2.05) is 0 Å². The second kappa shape index (κ2) is 7.66. The first-order chi connectivity index (χ1) is 10.6. The van der Waals surface area contributed by atoms with E-state index in [1.165, 1.54) is 17.2 Å². The minimum atomic E-state index is -0.378. The predicted octanol–water partition coefficient (Wildman–Crippen LogP) is 2.57. The molecule has 5 nitrogen and oxygen atoms in total. The molecule has 22 heavy (non-hydrogen) atoms. The van der Waals surface area contributed by atoms with E-state index in [9.17, 15) is 9.59 Å². The van der Waals surface area contributed by atoms with Gasteiger partial charge in [-0.2, -0.15) is 0 Å². The fourth-order valence-electron chi connectivity index (χ4n) is 1.92. The highest BCUT2D eigenvalue weighted by atomic mass is 35.5. The van der Waals surface area contributed by atoms with Crippen molar-refractivity contribution in [2.24, 2.45) is 0 Å². The topological polar surface area (TPSA) is 62.4 Å². The lowest BCUT2D eigenvalue weighted by Crippen LogP contribution is -2.32. The van der Waals surface area contributed by atoms with Gasteiger partial charge in [-0.15, -0.1) is 0 Å². The van der Waals surface area contributed by atoms with E-state index < -0.39 is 0 Å². The number of carbonyl (C=O) groups excluding carboxylic acids is 1. The highest BCUT2D eigenvalue weighted by molar-refractivity contribution is 6.30. The van der Waals surface area contributed by atoms with Crippen molar-refractivity contribution in [1.82, 2.24) is 9.88 Å². The molecule has 0 saturated carbocycles. The van der Waals surface area contributed by atoms with Gasteiger partial charge < -0.3 is 14.6 Å². The van der Waals surface area contributed by atoms with E-state index in [0.29, 0.717) is 24.6 Å². The number of hydrogen-bond acceptors (Lipinski definition) is 3. The molecule has 1 aromatic heterocycles. The Bertz CT molecular complexity index is 682. The van der Waals surface area contributed by atoms with Gasteiger partial charge in [0.05, 0.1) is 6.61 Å². The van der Waals surface area contributed by atoms with Crippen LogP contribution in [0.2, 0.25) is 5.02 Å². The maximum absolute atomic E-state index is 12.1. The SMILES string of the molecule is CN(CCCOc1ccc(Cl)cc1)C(=O)c1ccc[nH]c1=O. The molecule has 0 aliphatic rings. The van der Waals surface area contributed by atoms with Crippen LogP contribution in [0.5, 0.6) is 5.75 Å². The monoisotopic (exact) mass is 320 g/mol. The Morgan fingerprint density at radius 2 is 2.00 bits per heavy atom. The zero-order chi connectivity index (χ0) is 15.9. The van der Waals surface area contributed by atoms with Gasteiger partial charge in [-0.05, 0) is 42.8 Å². The van der Waals surface area contributed by atoms with Crippen molar-refractivity contribution in [3.8, 4) is 5.75 Å². The van der Waals surface area contributed by atoms with E-state index in [2.05, 4.69) is 4.98 Å². The second-order valence-corrected chi connectivity index (χ2v) is 5.23. The lowest BCUT2D eigenvalue weighted by molar-refractivity contribution is 0.0786. The fourth-order valence-corrected chi connectivity index (χ4v) is 2.05. The third-order valence-corrected chi connectivity index (χ3v) is 3.37. The minimum Gasteiger partial charge on any atom is -0.494 e. The molecule has 1 heterocycles. The number of nitrogens with zero attached hydrogens (tertiary/aromatic N) is 1. The zero-order valence-electron chi connectivity index (χ0n) is 12.2. The zero-order valence-corrected chi connectivity index (χ0v) is 13.0. The first-order valence-electron chi connectivity index (χ1n) is 6.89. The largest absolute Gasteiger partial charge is 0.494 e. The Kier molecular flexibility index (Phi) is 5.61. The first kappa shape index (κ1) is 16.1. The van der Waals surface area contributed by atoms with E-state index in [0.717, 1.165) is 5.75 Å². The summed E-state index contributed by atoms with van der Waals surface area (Å²) in [7, 11) is 1.66. The molecule has 0 spiro atoms. The average molecular weight is 321 g/mol. The van der Waals surface area contributed by atoms with E-state index in [4.69, 9.17) is 16.3 Å². The van der Waals surface area contributed by atoms with Crippen LogP contribution in [0.1, 0.15) is 16.8 Å². The summed E-state index contributed by atoms with van der Waals surface area (Å²) < 4.78 is 5.56. The van der Waals surface area contributed by atoms with E-state index in [1.54, 1.807) is 37.4 Å². The summed E-state index contributed by atoms with van der Waals surface area (Å²) in [6.45, 7) is 0.977. The molecule has 2 aromatic rings. The van der Waals surface area contributed by atoms with Crippen LogP contribution in [0.15, 0.2) is 47.4 Å². The van der Waals surface area contributed by atoms with Gasteiger partial charge in [-0.25, -0.2) is 0 Å². The number of rotatable bonds is 6. The molecular formula is C16H17ClN2O3. The first-order valence-corrected chi connectivity index (χ1v) is 7.27. The highest BCUT2D eigenvalue weighted by Gasteiger charge is 2.14. The molecule has 6 heteroatoms. The number of benzene rings is 1. The third kappa shape index (κ3) is 4.36. The normalized spacial score (nSPS) is 10.3. The molecule has 116 valence electrons. The third-order valence-electron chi connectivity index (χ3n) is 3.12. The minimum absolute atomic E-state index is 0.142. The number of aromatic amines is 1. The summed E-state index contributed by atoms with van der Waals surface area (Å²) in [5.41, 5.74) is -0.236.